The quantitative estimate of drug-likeness (QED) is 0.823. The molecule has 0 radical (unpaired) electrons. The van der Waals surface area contributed by atoms with Crippen LogP contribution in [0.2, 0.25) is 0 Å². The minimum atomic E-state index is -0.0819. The van der Waals surface area contributed by atoms with Crippen LogP contribution < -0.4 is 14.8 Å². The number of nitrogens with one attached hydrogen (secondary N) is 2. The van der Waals surface area contributed by atoms with E-state index in [4.69, 9.17) is 9.47 Å². The SMILES string of the molecule is C=C1C=C(c2ccc(OC)c(OC)c2)C=Nc2[nH]cc(C(=O)NC3CCC3)c21. The number of methoxy groups -OCH3 is 2. The molecule has 0 bridgehead atoms. The fraction of sp³-hybridized carbons (Fsp3) is 0.273. The van der Waals surface area contributed by atoms with Crippen molar-refractivity contribution in [3.05, 3.63) is 53.7 Å². The molecule has 0 atom stereocenters. The molecule has 6 nitrogen and oxygen atoms in total. The maximum Gasteiger partial charge on any atom is 0.253 e. The number of H-pyrrole nitrogens is 1. The van der Waals surface area contributed by atoms with Gasteiger partial charge in [0.25, 0.3) is 5.91 Å². The smallest absolute Gasteiger partial charge is 0.253 e. The summed E-state index contributed by atoms with van der Waals surface area (Å²) >= 11 is 0. The highest BCUT2D eigenvalue weighted by molar-refractivity contribution is 6.16. The summed E-state index contributed by atoms with van der Waals surface area (Å²) in [6.07, 6.45) is 8.66. The molecule has 2 aliphatic rings. The summed E-state index contributed by atoms with van der Waals surface area (Å²) in [5, 5.41) is 3.08. The van der Waals surface area contributed by atoms with E-state index in [0.717, 1.165) is 35.1 Å². The predicted octanol–water partition coefficient (Wildman–Crippen LogP) is 4.13. The zero-order valence-electron chi connectivity index (χ0n) is 16.0. The molecule has 1 aromatic carbocycles. The Morgan fingerprint density at radius 3 is 2.71 bits per heavy atom. The van der Waals surface area contributed by atoms with Crippen LogP contribution in [0, 0.1) is 0 Å². The van der Waals surface area contributed by atoms with Crippen molar-refractivity contribution in [2.24, 2.45) is 4.99 Å². The van der Waals surface area contributed by atoms with E-state index >= 15 is 0 Å². The Labute approximate surface area is 164 Å². The molecule has 1 aliphatic carbocycles. The maximum absolute atomic E-state index is 12.7. The van der Waals surface area contributed by atoms with E-state index in [9.17, 15) is 4.79 Å². The summed E-state index contributed by atoms with van der Waals surface area (Å²) in [5.41, 5.74) is 3.85. The largest absolute Gasteiger partial charge is 0.493 e. The third-order valence-corrected chi connectivity index (χ3v) is 5.24. The van der Waals surface area contributed by atoms with Crippen LogP contribution in [-0.2, 0) is 0 Å². The number of ether oxygens (including phenoxy) is 2. The number of carbonyl (C=O) groups excluding carboxylic acids is 1. The van der Waals surface area contributed by atoms with Crippen molar-refractivity contribution in [1.29, 1.82) is 0 Å². The second-order valence-electron chi connectivity index (χ2n) is 6.98. The minimum absolute atomic E-state index is 0.0819. The Hall–Kier alpha value is -3.28. The number of fused-ring (bicyclic) bond motifs is 1. The molecule has 1 amide bonds. The van der Waals surface area contributed by atoms with Gasteiger partial charge in [-0.15, -0.1) is 0 Å². The first-order valence-corrected chi connectivity index (χ1v) is 9.30. The number of hydrogen-bond donors (Lipinski definition) is 2. The maximum atomic E-state index is 12.7. The highest BCUT2D eigenvalue weighted by Gasteiger charge is 2.25. The van der Waals surface area contributed by atoms with E-state index in [1.54, 1.807) is 26.6 Å². The number of amides is 1. The molecular formula is C22H23N3O3. The molecule has 0 saturated heterocycles. The van der Waals surface area contributed by atoms with Crippen molar-refractivity contribution in [2.75, 3.05) is 14.2 Å². The molecule has 6 heteroatoms. The number of nitrogens with zero attached hydrogens (tertiary/aromatic N) is 1. The topological polar surface area (TPSA) is 75.7 Å². The van der Waals surface area contributed by atoms with Gasteiger partial charge in [0.2, 0.25) is 0 Å². The molecule has 28 heavy (non-hydrogen) atoms. The van der Waals surface area contributed by atoms with Crippen molar-refractivity contribution in [1.82, 2.24) is 10.3 Å². The monoisotopic (exact) mass is 377 g/mol. The zero-order chi connectivity index (χ0) is 19.7. The number of aromatic nitrogens is 1. The van der Waals surface area contributed by atoms with E-state index in [1.807, 2.05) is 24.3 Å². The molecule has 4 rings (SSSR count). The Kier molecular flexibility index (Phi) is 4.77. The van der Waals surface area contributed by atoms with Gasteiger partial charge >= 0.3 is 0 Å². The lowest BCUT2D eigenvalue weighted by Crippen LogP contribution is -2.39. The van der Waals surface area contributed by atoms with Gasteiger partial charge < -0.3 is 19.8 Å². The van der Waals surface area contributed by atoms with Crippen LogP contribution in [0.3, 0.4) is 0 Å². The van der Waals surface area contributed by atoms with Crippen molar-refractivity contribution in [3.8, 4) is 11.5 Å². The molecule has 0 spiro atoms. The van der Waals surface area contributed by atoms with Crippen molar-refractivity contribution < 1.29 is 14.3 Å². The van der Waals surface area contributed by atoms with E-state index in [1.165, 1.54) is 6.42 Å². The van der Waals surface area contributed by atoms with Crippen LogP contribution in [0.15, 0.2) is 42.0 Å². The lowest BCUT2D eigenvalue weighted by Gasteiger charge is -2.26. The molecule has 1 aromatic heterocycles. The van der Waals surface area contributed by atoms with Gasteiger partial charge in [0, 0.05) is 29.6 Å². The Bertz CT molecular complexity index is 996. The lowest BCUT2D eigenvalue weighted by atomic mass is 9.92. The average Bonchev–Trinajstić information content (AvgIpc) is 3.04. The average molecular weight is 377 g/mol. The third kappa shape index (κ3) is 3.22. The van der Waals surface area contributed by atoms with E-state index in [2.05, 4.69) is 21.9 Å². The Morgan fingerprint density at radius 2 is 2.04 bits per heavy atom. The molecule has 1 fully saturated rings. The van der Waals surface area contributed by atoms with Gasteiger partial charge in [-0.3, -0.25) is 4.79 Å². The second-order valence-corrected chi connectivity index (χ2v) is 6.98. The summed E-state index contributed by atoms with van der Waals surface area (Å²) in [5.74, 6) is 1.86. The van der Waals surface area contributed by atoms with Gasteiger partial charge in [0.15, 0.2) is 11.5 Å². The van der Waals surface area contributed by atoms with Crippen LogP contribution >= 0.6 is 0 Å². The second kappa shape index (κ2) is 7.38. The van der Waals surface area contributed by atoms with Crippen molar-refractivity contribution in [2.45, 2.75) is 25.3 Å². The van der Waals surface area contributed by atoms with Crippen LogP contribution in [0.25, 0.3) is 11.1 Å². The summed E-state index contributed by atoms with van der Waals surface area (Å²) in [4.78, 5) is 20.3. The van der Waals surface area contributed by atoms with Gasteiger partial charge in [-0.1, -0.05) is 12.6 Å². The van der Waals surface area contributed by atoms with Gasteiger partial charge in [-0.25, -0.2) is 4.99 Å². The van der Waals surface area contributed by atoms with E-state index in [0.29, 0.717) is 22.9 Å². The first kappa shape index (κ1) is 18.1. The number of aromatic amines is 1. The van der Waals surface area contributed by atoms with Crippen molar-refractivity contribution in [3.63, 3.8) is 0 Å². The van der Waals surface area contributed by atoms with Crippen LogP contribution in [-0.4, -0.2) is 37.4 Å². The first-order valence-electron chi connectivity index (χ1n) is 9.30. The van der Waals surface area contributed by atoms with Gasteiger partial charge in [-0.2, -0.15) is 0 Å². The highest BCUT2D eigenvalue weighted by atomic mass is 16.5. The Balaban J connectivity index is 1.65. The fourth-order valence-electron chi connectivity index (χ4n) is 3.44. The summed E-state index contributed by atoms with van der Waals surface area (Å²) in [7, 11) is 3.21. The van der Waals surface area contributed by atoms with E-state index in [-0.39, 0.29) is 11.9 Å². The normalized spacial score (nSPS) is 15.9. The van der Waals surface area contributed by atoms with Gasteiger partial charge in [0.05, 0.1) is 19.8 Å². The molecule has 1 saturated carbocycles. The van der Waals surface area contributed by atoms with Crippen LogP contribution in [0.4, 0.5) is 5.82 Å². The summed E-state index contributed by atoms with van der Waals surface area (Å²) in [6.45, 7) is 4.18. The fourth-order valence-corrected chi connectivity index (χ4v) is 3.44. The molecular weight excluding hydrogens is 354 g/mol. The number of hydrogen-bond acceptors (Lipinski definition) is 4. The molecule has 1 aliphatic heterocycles. The van der Waals surface area contributed by atoms with Gasteiger partial charge in [-0.05, 0) is 48.6 Å². The standard InChI is InChI=1S/C22H23N3O3/c1-13-9-15(14-7-8-18(27-2)19(10-14)28-3)11-23-21-20(13)17(12-24-21)22(26)25-16-5-4-6-16/h7-12,16,24H,1,4-6H2,2-3H3,(H,25,26). The summed E-state index contributed by atoms with van der Waals surface area (Å²) in [6, 6.07) is 5.97. The minimum Gasteiger partial charge on any atom is -0.493 e. The predicted molar refractivity (Wildman–Crippen MR) is 111 cm³/mol. The number of allylic oxidation sites excluding steroid dienone is 3. The molecule has 2 aromatic rings. The Morgan fingerprint density at radius 1 is 1.25 bits per heavy atom. The lowest BCUT2D eigenvalue weighted by molar-refractivity contribution is 0.0917. The van der Waals surface area contributed by atoms with Crippen LogP contribution in [0.5, 0.6) is 11.5 Å². The molecule has 2 heterocycles. The molecule has 144 valence electrons. The molecule has 2 N–H and O–H groups in total. The number of rotatable bonds is 5. The third-order valence-electron chi connectivity index (χ3n) is 5.24. The van der Waals surface area contributed by atoms with Gasteiger partial charge in [0.1, 0.15) is 5.82 Å². The number of carbonyl (C=O) groups is 1. The summed E-state index contributed by atoms with van der Waals surface area (Å²) < 4.78 is 10.7. The first-order chi connectivity index (χ1) is 13.6. The zero-order valence-corrected chi connectivity index (χ0v) is 16.0. The number of aliphatic imine (C=N–C) groups is 1. The van der Waals surface area contributed by atoms with Crippen LogP contribution in [0.1, 0.15) is 40.7 Å². The van der Waals surface area contributed by atoms with E-state index < -0.39 is 0 Å². The van der Waals surface area contributed by atoms with Crippen molar-refractivity contribution >= 4 is 29.1 Å². The molecule has 0 unspecified atom stereocenters. The number of benzene rings is 1. The highest BCUT2D eigenvalue weighted by Crippen LogP contribution is 2.36.